The van der Waals surface area contributed by atoms with Crippen LogP contribution in [0.15, 0.2) is 53.2 Å². The van der Waals surface area contributed by atoms with Gasteiger partial charge in [-0.2, -0.15) is 4.98 Å². The van der Waals surface area contributed by atoms with Crippen molar-refractivity contribution in [2.45, 2.75) is 19.3 Å². The maximum atomic E-state index is 12.6. The number of benzene rings is 2. The van der Waals surface area contributed by atoms with Crippen molar-refractivity contribution in [2.24, 2.45) is 0 Å². The summed E-state index contributed by atoms with van der Waals surface area (Å²) in [5, 5.41) is 5.80. The topological polar surface area (TPSA) is 75.0 Å². The molecule has 5 rings (SSSR count). The van der Waals surface area contributed by atoms with Crippen LogP contribution in [0.5, 0.6) is 0 Å². The van der Waals surface area contributed by atoms with Crippen molar-refractivity contribution in [3.8, 4) is 11.5 Å². The van der Waals surface area contributed by atoms with E-state index in [4.69, 9.17) is 16.1 Å². The largest absolute Gasteiger partial charge is 0.361 e. The average Bonchev–Trinajstić information content (AvgIpc) is 3.42. The zero-order chi connectivity index (χ0) is 19.3. The number of aryl methyl sites for hydroxylation is 1. The average molecular weight is 393 g/mol. The van der Waals surface area contributed by atoms with E-state index in [9.17, 15) is 4.79 Å². The second-order valence-corrected chi connectivity index (χ2v) is 7.47. The summed E-state index contributed by atoms with van der Waals surface area (Å²) in [4.78, 5) is 22.2. The van der Waals surface area contributed by atoms with Crippen LogP contribution in [0.25, 0.3) is 22.4 Å². The van der Waals surface area contributed by atoms with Crippen molar-refractivity contribution in [3.63, 3.8) is 0 Å². The number of nitrogens with one attached hydrogen (secondary N) is 1. The van der Waals surface area contributed by atoms with Crippen molar-refractivity contribution in [1.82, 2.24) is 15.1 Å². The Hall–Kier alpha value is -3.12. The van der Waals surface area contributed by atoms with Gasteiger partial charge in [-0.3, -0.25) is 4.79 Å². The smallest absolute Gasteiger partial charge is 0.258 e. The highest BCUT2D eigenvalue weighted by Crippen LogP contribution is 2.35. The van der Waals surface area contributed by atoms with Gasteiger partial charge in [0.15, 0.2) is 5.82 Å². The van der Waals surface area contributed by atoms with Crippen LogP contribution in [0, 0.1) is 6.92 Å². The lowest BCUT2D eigenvalue weighted by Crippen LogP contribution is -2.25. The number of halogens is 1. The van der Waals surface area contributed by atoms with E-state index in [-0.39, 0.29) is 11.8 Å². The van der Waals surface area contributed by atoms with E-state index in [1.807, 2.05) is 55.6 Å². The van der Waals surface area contributed by atoms with E-state index >= 15 is 0 Å². The number of nitrogens with zero attached hydrogens (tertiary/aromatic N) is 3. The Morgan fingerprint density at radius 1 is 1.25 bits per heavy atom. The Morgan fingerprint density at radius 2 is 2.14 bits per heavy atom. The van der Waals surface area contributed by atoms with Crippen molar-refractivity contribution >= 4 is 34.1 Å². The molecule has 1 amide bonds. The highest BCUT2D eigenvalue weighted by atomic mass is 35.5. The third-order valence-electron chi connectivity index (χ3n) is 5.22. The second kappa shape index (κ2) is 6.49. The summed E-state index contributed by atoms with van der Waals surface area (Å²) < 4.78 is 5.53. The van der Waals surface area contributed by atoms with Crippen LogP contribution in [0.3, 0.4) is 0 Å². The molecule has 0 radical (unpaired) electrons. The molecule has 28 heavy (non-hydrogen) atoms. The van der Waals surface area contributed by atoms with Crippen LogP contribution < -0.4 is 4.90 Å². The fourth-order valence-electron chi connectivity index (χ4n) is 3.77. The van der Waals surface area contributed by atoms with Crippen LogP contribution in [0.4, 0.5) is 5.69 Å². The van der Waals surface area contributed by atoms with Crippen molar-refractivity contribution < 1.29 is 9.32 Å². The molecule has 1 atom stereocenters. The van der Waals surface area contributed by atoms with Crippen LogP contribution in [0.1, 0.15) is 23.7 Å². The van der Waals surface area contributed by atoms with Crippen molar-refractivity contribution in [1.29, 1.82) is 0 Å². The number of hydrogen-bond donors (Lipinski definition) is 1. The molecule has 0 aliphatic carbocycles. The molecule has 1 fully saturated rings. The van der Waals surface area contributed by atoms with E-state index in [1.54, 1.807) is 4.90 Å². The number of amides is 1. The number of carbonyl (C=O) groups excluding carboxylic acids is 1. The number of anilines is 1. The Labute approximate surface area is 166 Å². The van der Waals surface area contributed by atoms with E-state index in [0.717, 1.165) is 27.7 Å². The first-order valence-electron chi connectivity index (χ1n) is 9.07. The van der Waals surface area contributed by atoms with E-state index < -0.39 is 0 Å². The quantitative estimate of drug-likeness (QED) is 0.548. The lowest BCUT2D eigenvalue weighted by molar-refractivity contribution is -0.117. The van der Waals surface area contributed by atoms with Gasteiger partial charge in [0.1, 0.15) is 0 Å². The lowest BCUT2D eigenvalue weighted by atomic mass is 10.1. The zero-order valence-corrected chi connectivity index (χ0v) is 15.9. The molecule has 140 valence electrons. The summed E-state index contributed by atoms with van der Waals surface area (Å²) in [5.74, 6) is 0.936. The maximum Gasteiger partial charge on any atom is 0.258 e. The summed E-state index contributed by atoms with van der Waals surface area (Å²) in [6.45, 7) is 2.48. The minimum absolute atomic E-state index is 0.0365. The minimum atomic E-state index is -0.117. The van der Waals surface area contributed by atoms with Crippen molar-refractivity contribution in [3.05, 3.63) is 65.1 Å². The number of H-pyrrole nitrogens is 1. The lowest BCUT2D eigenvalue weighted by Gasteiger charge is -2.19. The summed E-state index contributed by atoms with van der Waals surface area (Å²) >= 11 is 6.13. The van der Waals surface area contributed by atoms with Crippen LogP contribution in [-0.4, -0.2) is 27.6 Å². The maximum absolute atomic E-state index is 12.6. The summed E-state index contributed by atoms with van der Waals surface area (Å²) in [6, 6.07) is 13.4. The monoisotopic (exact) mass is 392 g/mol. The van der Waals surface area contributed by atoms with Gasteiger partial charge < -0.3 is 14.4 Å². The number of aromatic nitrogens is 3. The fourth-order valence-corrected chi connectivity index (χ4v) is 3.94. The normalized spacial score (nSPS) is 17.0. The number of fused-ring (bicyclic) bond motifs is 1. The highest BCUT2D eigenvalue weighted by Gasteiger charge is 2.35. The highest BCUT2D eigenvalue weighted by molar-refractivity contribution is 6.31. The van der Waals surface area contributed by atoms with Gasteiger partial charge in [0.05, 0.1) is 0 Å². The number of aromatic amines is 1. The molecule has 1 N–H and O–H groups in total. The van der Waals surface area contributed by atoms with Gasteiger partial charge >= 0.3 is 0 Å². The molecule has 0 spiro atoms. The number of rotatable bonds is 3. The third-order valence-corrected chi connectivity index (χ3v) is 5.45. The van der Waals surface area contributed by atoms with Crippen LogP contribution >= 0.6 is 11.6 Å². The van der Waals surface area contributed by atoms with E-state index in [1.165, 1.54) is 0 Å². The van der Waals surface area contributed by atoms with Gasteiger partial charge in [-0.15, -0.1) is 0 Å². The summed E-state index contributed by atoms with van der Waals surface area (Å²) in [5.41, 5.74) is 3.73. The molecule has 2 aromatic carbocycles. The molecule has 1 aliphatic heterocycles. The zero-order valence-electron chi connectivity index (χ0n) is 15.1. The SMILES string of the molecule is Cc1ccc(Cl)cc1N1CC(c2noc(-c3cccc4[nH]ccc34)n2)CC1=O. The Morgan fingerprint density at radius 3 is 3.04 bits per heavy atom. The predicted molar refractivity (Wildman–Crippen MR) is 107 cm³/mol. The van der Waals surface area contributed by atoms with Gasteiger partial charge in [-0.1, -0.05) is 28.9 Å². The molecule has 6 nitrogen and oxygen atoms in total. The molecular weight excluding hydrogens is 376 g/mol. The summed E-state index contributed by atoms with van der Waals surface area (Å²) in [6.07, 6.45) is 2.23. The van der Waals surface area contributed by atoms with Crippen LogP contribution in [-0.2, 0) is 4.79 Å². The molecular formula is C21H17ClN4O2. The van der Waals surface area contributed by atoms with Gasteiger partial charge in [0, 0.05) is 52.3 Å². The van der Waals surface area contributed by atoms with Gasteiger partial charge in [-0.25, -0.2) is 0 Å². The molecule has 4 aromatic rings. The molecule has 3 heterocycles. The minimum Gasteiger partial charge on any atom is -0.361 e. The molecule has 1 saturated heterocycles. The third kappa shape index (κ3) is 2.77. The molecule has 2 aromatic heterocycles. The first-order chi connectivity index (χ1) is 13.6. The van der Waals surface area contributed by atoms with Crippen molar-refractivity contribution in [2.75, 3.05) is 11.4 Å². The molecule has 0 saturated carbocycles. The fraction of sp³-hybridized carbons (Fsp3) is 0.190. The van der Waals surface area contributed by atoms with E-state index in [0.29, 0.717) is 29.7 Å². The standard InChI is InChI=1S/C21H17ClN4O2/c1-12-5-6-14(22)10-18(12)26-11-13(9-19(26)27)20-24-21(28-25-20)16-3-2-4-17-15(16)7-8-23-17/h2-8,10,13,23H,9,11H2,1H3. The molecule has 0 bridgehead atoms. The van der Waals surface area contributed by atoms with E-state index in [2.05, 4.69) is 15.1 Å². The first-order valence-corrected chi connectivity index (χ1v) is 9.44. The Bertz CT molecular complexity index is 1200. The first kappa shape index (κ1) is 17.0. The number of hydrogen-bond acceptors (Lipinski definition) is 4. The predicted octanol–water partition coefficient (Wildman–Crippen LogP) is 4.70. The molecule has 1 aliphatic rings. The second-order valence-electron chi connectivity index (χ2n) is 7.04. The van der Waals surface area contributed by atoms with Gasteiger partial charge in [-0.05, 0) is 42.8 Å². The van der Waals surface area contributed by atoms with Crippen LogP contribution in [0.2, 0.25) is 5.02 Å². The number of carbonyl (C=O) groups is 1. The Kier molecular flexibility index (Phi) is 3.94. The summed E-state index contributed by atoms with van der Waals surface area (Å²) in [7, 11) is 0. The Balaban J connectivity index is 1.45. The van der Waals surface area contributed by atoms with Gasteiger partial charge in [0.25, 0.3) is 5.89 Å². The molecule has 7 heteroatoms. The molecule has 1 unspecified atom stereocenters. The van der Waals surface area contributed by atoms with Gasteiger partial charge in [0.2, 0.25) is 5.91 Å².